The van der Waals surface area contributed by atoms with E-state index in [-0.39, 0.29) is 0 Å². The van der Waals surface area contributed by atoms with Crippen molar-refractivity contribution in [2.45, 2.75) is 32.8 Å². The van der Waals surface area contributed by atoms with Gasteiger partial charge < -0.3 is 4.74 Å². The molecule has 0 amide bonds. The molecule has 1 atom stereocenters. The summed E-state index contributed by atoms with van der Waals surface area (Å²) in [6.07, 6.45) is 4.75. The second-order valence-corrected chi connectivity index (χ2v) is 12.7. The summed E-state index contributed by atoms with van der Waals surface area (Å²) in [6.45, 7) is 3.91. The largest absolute Gasteiger partial charge is 0.377 e. The molecule has 1 unspecified atom stereocenters. The molecule has 0 saturated carbocycles. The van der Waals surface area contributed by atoms with Crippen molar-refractivity contribution in [2.75, 3.05) is 12.8 Å². The number of ether oxygens (including phenoxy) is 1. The third-order valence-electron chi connectivity index (χ3n) is 6.65. The molecular weight excluding hydrogens is 431 g/mol. The highest BCUT2D eigenvalue weighted by Crippen LogP contribution is 2.56. The van der Waals surface area contributed by atoms with Gasteiger partial charge >= 0.3 is 0 Å². The fourth-order valence-electron chi connectivity index (χ4n) is 4.75. The van der Waals surface area contributed by atoms with Crippen LogP contribution in [-0.4, -0.2) is 12.8 Å². The van der Waals surface area contributed by atoms with Crippen molar-refractivity contribution in [3.63, 3.8) is 0 Å². The van der Waals surface area contributed by atoms with Crippen LogP contribution in [0.5, 0.6) is 0 Å². The Labute approximate surface area is 206 Å². The minimum atomic E-state index is -1.71. The van der Waals surface area contributed by atoms with Crippen LogP contribution in [0.2, 0.25) is 0 Å². The highest BCUT2D eigenvalue weighted by Gasteiger charge is 2.44. The Morgan fingerprint density at radius 2 is 1.03 bits per heavy atom. The Balaban J connectivity index is 1.45. The molecule has 1 nitrogen and oxygen atoms in total. The summed E-state index contributed by atoms with van der Waals surface area (Å²) in [5, 5.41) is 4.43. The molecule has 0 bridgehead atoms. The highest BCUT2D eigenvalue weighted by atomic mass is 31.2. The Morgan fingerprint density at radius 1 is 0.588 bits per heavy atom. The van der Waals surface area contributed by atoms with E-state index in [9.17, 15) is 0 Å². The number of benzene rings is 4. The summed E-state index contributed by atoms with van der Waals surface area (Å²) < 4.78 is 5.95. The molecule has 0 radical (unpaired) electrons. The Morgan fingerprint density at radius 3 is 1.50 bits per heavy atom. The molecule has 2 heteroatoms. The van der Waals surface area contributed by atoms with Crippen LogP contribution in [0.15, 0.2) is 121 Å². The fraction of sp³-hybridized carbons (Fsp3) is 0.250. The predicted molar refractivity (Wildman–Crippen MR) is 149 cm³/mol. The van der Waals surface area contributed by atoms with Crippen LogP contribution >= 0.6 is 7.26 Å². The van der Waals surface area contributed by atoms with Crippen molar-refractivity contribution in [3.8, 4) is 0 Å². The summed E-state index contributed by atoms with van der Waals surface area (Å²) in [6, 6.07) is 44.1. The summed E-state index contributed by atoms with van der Waals surface area (Å²) in [4.78, 5) is 0. The lowest BCUT2D eigenvalue weighted by Gasteiger charge is -2.28. The first kappa shape index (κ1) is 24.4. The third-order valence-corrected chi connectivity index (χ3v) is 11.2. The van der Waals surface area contributed by atoms with Crippen molar-refractivity contribution in [2.24, 2.45) is 5.92 Å². The highest BCUT2D eigenvalue weighted by molar-refractivity contribution is 7.95. The molecule has 174 valence electrons. The zero-order chi connectivity index (χ0) is 23.5. The molecule has 0 aliphatic heterocycles. The molecular formula is C32H36OP+. The molecule has 0 aliphatic carbocycles. The number of hydrogen-bond acceptors (Lipinski definition) is 1. The van der Waals surface area contributed by atoms with E-state index in [0.29, 0.717) is 12.5 Å². The van der Waals surface area contributed by atoms with Crippen molar-refractivity contribution in [3.05, 3.63) is 127 Å². The first-order valence-corrected chi connectivity index (χ1v) is 14.4. The average molecular weight is 468 g/mol. The number of hydrogen-bond donors (Lipinski definition) is 0. The molecule has 4 aromatic rings. The molecule has 0 saturated heterocycles. The Hall–Kier alpha value is -2.73. The minimum absolute atomic E-state index is 0.653. The second-order valence-electron chi connectivity index (χ2n) is 9.11. The van der Waals surface area contributed by atoms with E-state index < -0.39 is 7.26 Å². The van der Waals surface area contributed by atoms with Crippen LogP contribution in [0.25, 0.3) is 0 Å². The molecule has 4 rings (SSSR count). The molecule has 0 fully saturated rings. The van der Waals surface area contributed by atoms with Crippen LogP contribution in [-0.2, 0) is 11.3 Å². The van der Waals surface area contributed by atoms with Gasteiger partial charge in [-0.05, 0) is 67.1 Å². The summed E-state index contributed by atoms with van der Waals surface area (Å²) >= 11 is 0. The van der Waals surface area contributed by atoms with Crippen molar-refractivity contribution in [1.29, 1.82) is 0 Å². The van der Waals surface area contributed by atoms with Gasteiger partial charge in [-0.2, -0.15) is 0 Å². The molecule has 0 heterocycles. The van der Waals surface area contributed by atoms with Crippen molar-refractivity contribution >= 4 is 23.2 Å². The Kier molecular flexibility index (Phi) is 9.08. The van der Waals surface area contributed by atoms with E-state index in [1.54, 1.807) is 0 Å². The van der Waals surface area contributed by atoms with Gasteiger partial charge in [0.1, 0.15) is 23.2 Å². The third kappa shape index (κ3) is 6.23. The maximum absolute atomic E-state index is 5.95. The van der Waals surface area contributed by atoms with Crippen LogP contribution < -0.4 is 15.9 Å². The normalized spacial score (nSPS) is 12.4. The van der Waals surface area contributed by atoms with Gasteiger partial charge in [0.2, 0.25) is 0 Å². The van der Waals surface area contributed by atoms with Crippen LogP contribution in [0.3, 0.4) is 0 Å². The standard InChI is InChI=1S/C32H36OP/c1-28(24-25-33-27-29-16-6-2-7-17-29)15-14-26-34(30-18-8-3-9-19-30,31-20-10-4-11-21-31)32-22-12-5-13-23-32/h2-13,16-23,28H,14-15,24-27H2,1H3/q+1. The molecule has 0 spiro atoms. The zero-order valence-electron chi connectivity index (χ0n) is 20.2. The number of rotatable bonds is 12. The van der Waals surface area contributed by atoms with Gasteiger partial charge in [-0.1, -0.05) is 91.9 Å². The average Bonchev–Trinajstić information content (AvgIpc) is 2.91. The van der Waals surface area contributed by atoms with Crippen LogP contribution in [0, 0.1) is 5.92 Å². The van der Waals surface area contributed by atoms with Crippen molar-refractivity contribution in [1.82, 2.24) is 0 Å². The van der Waals surface area contributed by atoms with E-state index in [4.69, 9.17) is 4.74 Å². The van der Waals surface area contributed by atoms with Gasteiger partial charge in [0.15, 0.2) is 0 Å². The van der Waals surface area contributed by atoms with E-state index in [1.807, 2.05) is 0 Å². The summed E-state index contributed by atoms with van der Waals surface area (Å²) in [5.74, 6) is 0.653. The topological polar surface area (TPSA) is 9.23 Å². The van der Waals surface area contributed by atoms with Crippen LogP contribution in [0.4, 0.5) is 0 Å². The quantitative estimate of drug-likeness (QED) is 0.161. The van der Waals surface area contributed by atoms with Gasteiger partial charge in [0.05, 0.1) is 12.8 Å². The lowest BCUT2D eigenvalue weighted by Crippen LogP contribution is -2.33. The molecule has 4 aromatic carbocycles. The monoisotopic (exact) mass is 467 g/mol. The van der Waals surface area contributed by atoms with E-state index in [2.05, 4.69) is 128 Å². The van der Waals surface area contributed by atoms with Gasteiger partial charge in [-0.25, -0.2) is 0 Å². The maximum Gasteiger partial charge on any atom is 0.112 e. The van der Waals surface area contributed by atoms with E-state index in [1.165, 1.54) is 40.5 Å². The molecule has 0 aliphatic rings. The maximum atomic E-state index is 5.95. The second kappa shape index (κ2) is 12.7. The van der Waals surface area contributed by atoms with Gasteiger partial charge in [0, 0.05) is 6.61 Å². The Bertz CT molecular complexity index is 984. The molecule has 0 aromatic heterocycles. The van der Waals surface area contributed by atoms with Gasteiger partial charge in [0.25, 0.3) is 0 Å². The molecule has 34 heavy (non-hydrogen) atoms. The zero-order valence-corrected chi connectivity index (χ0v) is 21.1. The predicted octanol–water partition coefficient (Wildman–Crippen LogP) is 7.00. The summed E-state index contributed by atoms with van der Waals surface area (Å²) in [5.41, 5.74) is 1.25. The minimum Gasteiger partial charge on any atom is -0.377 e. The van der Waals surface area contributed by atoms with Gasteiger partial charge in [-0.15, -0.1) is 0 Å². The SMILES string of the molecule is CC(CCC[P+](c1ccccc1)(c1ccccc1)c1ccccc1)CCOCc1ccccc1. The first-order chi connectivity index (χ1) is 16.8. The summed E-state index contributed by atoms with van der Waals surface area (Å²) in [7, 11) is -1.71. The van der Waals surface area contributed by atoms with E-state index >= 15 is 0 Å². The van der Waals surface area contributed by atoms with Crippen LogP contribution in [0.1, 0.15) is 31.7 Å². The smallest absolute Gasteiger partial charge is 0.112 e. The van der Waals surface area contributed by atoms with E-state index in [0.717, 1.165) is 13.0 Å². The molecule has 0 N–H and O–H groups in total. The lowest BCUT2D eigenvalue weighted by molar-refractivity contribution is 0.108. The fourth-order valence-corrected chi connectivity index (χ4v) is 9.12. The van der Waals surface area contributed by atoms with Gasteiger partial charge in [-0.3, -0.25) is 0 Å². The lowest BCUT2D eigenvalue weighted by atomic mass is 10.0. The first-order valence-electron chi connectivity index (χ1n) is 12.5. The van der Waals surface area contributed by atoms with Crippen molar-refractivity contribution < 1.29 is 4.74 Å².